The first-order chi connectivity index (χ1) is 15.2. The Hall–Kier alpha value is -4.21. The van der Waals surface area contributed by atoms with Gasteiger partial charge in [0.25, 0.3) is 0 Å². The van der Waals surface area contributed by atoms with Crippen LogP contribution in [0.1, 0.15) is 0 Å². The van der Waals surface area contributed by atoms with Crippen LogP contribution in [0.5, 0.6) is 11.5 Å². The van der Waals surface area contributed by atoms with Crippen molar-refractivity contribution in [3.8, 4) is 23.0 Å². The van der Waals surface area contributed by atoms with Crippen LogP contribution in [0.25, 0.3) is 44.2 Å². The molecule has 2 aromatic heterocycles. The molecule has 32 heavy (non-hydrogen) atoms. The van der Waals surface area contributed by atoms with E-state index in [1.54, 1.807) is 24.3 Å². The number of H-pyrrole nitrogens is 2. The Morgan fingerprint density at radius 2 is 1.38 bits per heavy atom. The van der Waals surface area contributed by atoms with Crippen molar-refractivity contribution in [3.63, 3.8) is 0 Å². The van der Waals surface area contributed by atoms with Crippen molar-refractivity contribution in [2.75, 3.05) is 0 Å². The summed E-state index contributed by atoms with van der Waals surface area (Å²) in [6.07, 6.45) is 1.84. The number of aromatic amines is 2. The van der Waals surface area contributed by atoms with E-state index < -0.39 is 0 Å². The third-order valence-corrected chi connectivity index (χ3v) is 5.12. The van der Waals surface area contributed by atoms with Crippen LogP contribution in [0.3, 0.4) is 0 Å². The molecule has 6 aromatic rings. The molecule has 0 aliphatic heterocycles. The number of hydrogen-bond acceptors (Lipinski definition) is 3. The molecule has 0 radical (unpaired) electrons. The maximum atomic E-state index is 11.8. The summed E-state index contributed by atoms with van der Waals surface area (Å²) in [4.78, 5) is 6.22. The molecule has 0 atom stereocenters. The summed E-state index contributed by atoms with van der Waals surface area (Å²) in [5.41, 5.74) is 3.11. The Bertz CT molecular complexity index is 1500. The van der Waals surface area contributed by atoms with Gasteiger partial charge in [0, 0.05) is 22.9 Å². The number of hydrogen-bond donors (Lipinski definition) is 0. The molecule has 6 rings (SSSR count). The fourth-order valence-electron chi connectivity index (χ4n) is 3.63. The van der Waals surface area contributed by atoms with Gasteiger partial charge < -0.3 is 14.6 Å². The summed E-state index contributed by atoms with van der Waals surface area (Å²) in [7, 11) is 0. The molecule has 0 fully saturated rings. The summed E-state index contributed by atoms with van der Waals surface area (Å²) < 4.78 is 5.58. The number of para-hydroxylation sites is 3. The Labute approximate surface area is 187 Å². The summed E-state index contributed by atoms with van der Waals surface area (Å²) in [6, 6.07) is 27.7. The van der Waals surface area contributed by atoms with Gasteiger partial charge in [-0.2, -0.15) is 4.98 Å². The molecule has 150 valence electrons. The minimum Gasteiger partial charge on any atom is -0.872 e. The third kappa shape index (κ3) is 3.89. The number of aromatic nitrogens is 2. The summed E-state index contributed by atoms with van der Waals surface area (Å²) in [6.45, 7) is 0. The van der Waals surface area contributed by atoms with Gasteiger partial charge in [0.15, 0.2) is 6.20 Å². The number of pyridine rings is 1. The van der Waals surface area contributed by atoms with Gasteiger partial charge in [-0.15, -0.1) is 0 Å². The average molecular weight is 415 g/mol. The van der Waals surface area contributed by atoms with Gasteiger partial charge >= 0.3 is 16.0 Å². The molecule has 0 saturated heterocycles. The zero-order chi connectivity index (χ0) is 21.2. The van der Waals surface area contributed by atoms with Crippen molar-refractivity contribution >= 4 is 42.9 Å². The van der Waals surface area contributed by atoms with Crippen LogP contribution in [0.4, 0.5) is 0 Å². The van der Waals surface area contributed by atoms with E-state index in [9.17, 15) is 10.2 Å². The minimum atomic E-state index is -0.0437. The molecule has 4 aromatic carbocycles. The quantitative estimate of drug-likeness (QED) is 0.304. The molecule has 0 amide bonds. The smallest absolute Gasteiger partial charge is 0.872 e. The van der Waals surface area contributed by atoms with Crippen LogP contribution in [0.2, 0.25) is 0 Å². The topological polar surface area (TPSA) is 87.5 Å². The van der Waals surface area contributed by atoms with Gasteiger partial charge in [-0.05, 0) is 29.7 Å². The Kier molecular flexibility index (Phi) is 5.84. The van der Waals surface area contributed by atoms with E-state index in [-0.39, 0.29) is 21.6 Å². The van der Waals surface area contributed by atoms with E-state index in [4.69, 9.17) is 4.42 Å². The normalized spacial score (nSPS) is 10.5. The number of rotatable bonds is 1. The van der Waals surface area contributed by atoms with Gasteiger partial charge in [-0.3, -0.25) is 0 Å². The number of fused-ring (bicyclic) bond motifs is 4. The van der Waals surface area contributed by atoms with Crippen LogP contribution < -0.4 is 20.2 Å². The maximum Gasteiger partial charge on any atom is 2.00 e. The second-order valence-electron chi connectivity index (χ2n) is 7.10. The molecule has 0 aliphatic rings. The largest absolute Gasteiger partial charge is 2.00 e. The van der Waals surface area contributed by atoms with Crippen molar-refractivity contribution in [2.24, 2.45) is 0 Å². The molecule has 2 N–H and O–H groups in total. The molecule has 0 aliphatic carbocycles. The minimum absolute atomic E-state index is 0. The zero-order valence-corrected chi connectivity index (χ0v) is 17.2. The van der Waals surface area contributed by atoms with E-state index in [1.807, 2.05) is 66.9 Å². The molecule has 6 heteroatoms. The van der Waals surface area contributed by atoms with Crippen molar-refractivity contribution in [2.45, 2.75) is 0 Å². The maximum absolute atomic E-state index is 11.8. The summed E-state index contributed by atoms with van der Waals surface area (Å²) >= 11 is 0. The van der Waals surface area contributed by atoms with Crippen LogP contribution >= 0.6 is 0 Å². The van der Waals surface area contributed by atoms with Crippen molar-refractivity contribution in [3.05, 3.63) is 97.2 Å². The van der Waals surface area contributed by atoms with Gasteiger partial charge in [-0.1, -0.05) is 66.1 Å². The van der Waals surface area contributed by atoms with Crippen LogP contribution in [0.15, 0.2) is 102 Å². The van der Waals surface area contributed by atoms with Crippen LogP contribution in [-0.2, 0) is 0 Å². The fraction of sp³-hybridized carbons (Fsp3) is 0. The van der Waals surface area contributed by atoms with E-state index >= 15 is 0 Å². The molecule has 0 saturated carbocycles. The van der Waals surface area contributed by atoms with E-state index in [1.165, 1.54) is 6.07 Å². The number of oxazole rings is 1. The van der Waals surface area contributed by atoms with Gasteiger partial charge in [-0.25, -0.2) is 4.98 Å². The Morgan fingerprint density at radius 1 is 0.656 bits per heavy atom. The van der Waals surface area contributed by atoms with E-state index in [0.29, 0.717) is 11.5 Å². The van der Waals surface area contributed by atoms with Gasteiger partial charge in [0.1, 0.15) is 0 Å². The molecular weight excluding hydrogens is 397 g/mol. The molecule has 2 heterocycles. The first-order valence-corrected chi connectivity index (χ1v) is 9.87. The second-order valence-corrected chi connectivity index (χ2v) is 7.10. The SMILES string of the molecule is [Be+2].[O-]c1cccc2ccc3ccc[nH+]c3c12.[O-]c1ccccc1-c1[nH+]c2ccccc2o1. The zero-order valence-electron chi connectivity index (χ0n) is 17.2. The number of benzene rings is 4. The molecule has 5 nitrogen and oxygen atoms in total. The molecule has 0 bridgehead atoms. The monoisotopic (exact) mass is 415 g/mol. The first kappa shape index (κ1) is 21.0. The second kappa shape index (κ2) is 8.88. The molecule has 0 unspecified atom stereocenters. The van der Waals surface area contributed by atoms with Crippen molar-refractivity contribution < 1.29 is 24.6 Å². The Morgan fingerprint density at radius 3 is 2.22 bits per heavy atom. The van der Waals surface area contributed by atoms with Gasteiger partial charge in [0.05, 0.1) is 5.56 Å². The van der Waals surface area contributed by atoms with E-state index in [0.717, 1.165) is 32.8 Å². The summed E-state index contributed by atoms with van der Waals surface area (Å²) in [5, 5.41) is 26.2. The van der Waals surface area contributed by atoms with Crippen LogP contribution in [0, 0.1) is 0 Å². The Balaban J connectivity index is 0.000000149. The van der Waals surface area contributed by atoms with Gasteiger partial charge in [0.2, 0.25) is 16.6 Å². The van der Waals surface area contributed by atoms with Crippen LogP contribution in [-0.4, -0.2) is 10.1 Å². The molecule has 0 spiro atoms. The summed E-state index contributed by atoms with van der Waals surface area (Å²) in [5.74, 6) is 0.533. The molecular formula is C26H18BeN2O3+2. The first-order valence-electron chi connectivity index (χ1n) is 9.87. The fourth-order valence-corrected chi connectivity index (χ4v) is 3.63. The van der Waals surface area contributed by atoms with Crippen molar-refractivity contribution in [1.29, 1.82) is 0 Å². The predicted octanol–water partition coefficient (Wildman–Crippen LogP) is 3.49. The number of nitrogens with one attached hydrogen (secondary N) is 2. The van der Waals surface area contributed by atoms with Crippen molar-refractivity contribution in [1.82, 2.24) is 0 Å². The van der Waals surface area contributed by atoms with E-state index in [2.05, 4.69) is 9.97 Å². The average Bonchev–Trinajstić information content (AvgIpc) is 3.24. The standard InChI is InChI=1S/C13H9NO2.C13H9NO.Be/c15-11-7-3-1-5-9(11)13-14-10-6-2-4-8-12(10)16-13;15-11-5-1-3-9-6-7-10-4-2-8-14-13(10)12(9)11;/h1-8,15H;1-8,15H;/q;;+2. The predicted molar refractivity (Wildman–Crippen MR) is 121 cm³/mol. The third-order valence-electron chi connectivity index (χ3n) is 5.12.